The van der Waals surface area contributed by atoms with E-state index < -0.39 is 22.0 Å². The van der Waals surface area contributed by atoms with Crippen molar-refractivity contribution in [1.29, 1.82) is 0 Å². The van der Waals surface area contributed by atoms with Crippen molar-refractivity contribution in [1.82, 2.24) is 25.1 Å². The monoisotopic (exact) mass is 682 g/mol. The predicted molar refractivity (Wildman–Crippen MR) is 177 cm³/mol. The van der Waals surface area contributed by atoms with Crippen molar-refractivity contribution in [3.05, 3.63) is 103 Å². The molecule has 3 N–H and O–H groups in total. The summed E-state index contributed by atoms with van der Waals surface area (Å²) in [5, 5.41) is 20.4. The fraction of sp³-hybridized carbons (Fsp3) is 0.188. The summed E-state index contributed by atoms with van der Waals surface area (Å²) in [5.74, 6) is -1.88. The van der Waals surface area contributed by atoms with Crippen LogP contribution in [0.2, 0.25) is 0 Å². The second-order valence-electron chi connectivity index (χ2n) is 10.5. The first-order valence-corrected chi connectivity index (χ1v) is 17.0. The molecule has 0 saturated heterocycles. The minimum atomic E-state index is -5.08. The Labute approximate surface area is 271 Å². The summed E-state index contributed by atoms with van der Waals surface area (Å²) in [6.07, 6.45) is -0.351. The van der Waals surface area contributed by atoms with Gasteiger partial charge in [-0.05, 0) is 47.0 Å². The predicted octanol–water partition coefficient (Wildman–Crippen LogP) is 6.27. The van der Waals surface area contributed by atoms with Crippen LogP contribution in [0.4, 0.5) is 24.7 Å². The number of anilines is 2. The molecule has 0 aliphatic rings. The highest BCUT2D eigenvalue weighted by molar-refractivity contribution is 7.90. The van der Waals surface area contributed by atoms with Gasteiger partial charge in [-0.1, -0.05) is 48.5 Å². The average Bonchev–Trinajstić information content (AvgIpc) is 3.64. The second-order valence-corrected chi connectivity index (χ2v) is 13.8. The number of carbonyl (C=O) groups is 1. The van der Waals surface area contributed by atoms with Crippen molar-refractivity contribution in [3.8, 4) is 10.4 Å². The molecule has 0 saturated carbocycles. The van der Waals surface area contributed by atoms with Gasteiger partial charge in [-0.2, -0.15) is 18.3 Å². The lowest BCUT2D eigenvalue weighted by molar-refractivity contribution is -0.192. The fourth-order valence-electron chi connectivity index (χ4n) is 4.61. The van der Waals surface area contributed by atoms with Crippen LogP contribution in [0.15, 0.2) is 91.4 Å². The molecular formula is C32H29F3N6O4S2. The molecule has 0 aliphatic heterocycles. The van der Waals surface area contributed by atoms with Crippen LogP contribution >= 0.6 is 11.3 Å². The summed E-state index contributed by atoms with van der Waals surface area (Å²) in [6.45, 7) is 1.75. The molecule has 0 spiro atoms. The molecule has 0 aliphatic carbocycles. The van der Waals surface area contributed by atoms with Crippen molar-refractivity contribution in [3.63, 3.8) is 0 Å². The number of nitrogens with zero attached hydrogens (tertiary/aromatic N) is 4. The maximum Gasteiger partial charge on any atom is 0.490 e. The maximum atomic E-state index is 11.4. The average molecular weight is 683 g/mol. The van der Waals surface area contributed by atoms with Crippen LogP contribution in [-0.4, -0.2) is 64.0 Å². The number of halogens is 3. The summed E-state index contributed by atoms with van der Waals surface area (Å²) >= 11 is 1.62. The van der Waals surface area contributed by atoms with Crippen molar-refractivity contribution in [2.24, 2.45) is 0 Å². The number of hydrogen-bond acceptors (Lipinski definition) is 9. The van der Waals surface area contributed by atoms with E-state index in [1.807, 2.05) is 47.3 Å². The highest BCUT2D eigenvalue weighted by Crippen LogP contribution is 2.36. The maximum absolute atomic E-state index is 11.4. The van der Waals surface area contributed by atoms with Gasteiger partial charge in [-0.15, -0.1) is 11.3 Å². The number of hydrogen-bond donors (Lipinski definition) is 3. The zero-order valence-electron chi connectivity index (χ0n) is 24.9. The van der Waals surface area contributed by atoms with Crippen LogP contribution in [-0.2, 0) is 27.7 Å². The Kier molecular flexibility index (Phi) is 10.2. The van der Waals surface area contributed by atoms with Gasteiger partial charge in [0.2, 0.25) is 0 Å². The molecule has 3 aromatic heterocycles. The van der Waals surface area contributed by atoms with E-state index in [2.05, 4.69) is 68.2 Å². The van der Waals surface area contributed by atoms with E-state index in [1.54, 1.807) is 17.7 Å². The van der Waals surface area contributed by atoms with Gasteiger partial charge in [0.15, 0.2) is 0 Å². The SMILES string of the molecule is CS(=O)(=O)CCNCc1cccc(-c2cc3c(Nc4ccc5c(cnn5Cc5ccccc5)c4)ncnc3s2)c1.O=C(O)C(F)(F)F. The number of carboxylic acid groups (broad SMARTS) is 1. The fourth-order valence-corrected chi connectivity index (χ4v) is 6.12. The van der Waals surface area contributed by atoms with E-state index in [9.17, 15) is 21.6 Å². The van der Waals surface area contributed by atoms with E-state index in [0.29, 0.717) is 13.1 Å². The number of aliphatic carboxylic acids is 1. The zero-order chi connectivity index (χ0) is 33.6. The summed E-state index contributed by atoms with van der Waals surface area (Å²) < 4.78 is 56.5. The van der Waals surface area contributed by atoms with Gasteiger partial charge in [-0.3, -0.25) is 4.68 Å². The molecule has 0 fully saturated rings. The Balaban J connectivity index is 0.000000559. The van der Waals surface area contributed by atoms with Gasteiger partial charge in [0.1, 0.15) is 26.8 Å². The molecule has 6 rings (SSSR count). The molecule has 6 aromatic rings. The number of alkyl halides is 3. The normalized spacial score (nSPS) is 11.7. The third-order valence-electron chi connectivity index (χ3n) is 6.84. The number of nitrogens with one attached hydrogen (secondary N) is 2. The van der Waals surface area contributed by atoms with Crippen LogP contribution in [0, 0.1) is 0 Å². The van der Waals surface area contributed by atoms with Gasteiger partial charge in [0.25, 0.3) is 0 Å². The number of rotatable bonds is 10. The number of sulfone groups is 1. The first-order chi connectivity index (χ1) is 22.4. The lowest BCUT2D eigenvalue weighted by Gasteiger charge is -2.08. The van der Waals surface area contributed by atoms with Crippen LogP contribution in [0.1, 0.15) is 11.1 Å². The quantitative estimate of drug-likeness (QED) is 0.143. The minimum absolute atomic E-state index is 0.125. The third kappa shape index (κ3) is 9.12. The number of benzene rings is 3. The van der Waals surface area contributed by atoms with E-state index in [0.717, 1.165) is 55.2 Å². The smallest absolute Gasteiger partial charge is 0.475 e. The van der Waals surface area contributed by atoms with Crippen molar-refractivity contribution in [2.75, 3.05) is 23.9 Å². The first-order valence-electron chi connectivity index (χ1n) is 14.1. The van der Waals surface area contributed by atoms with Crippen LogP contribution < -0.4 is 10.6 Å². The Morgan fingerprint density at radius 1 is 0.979 bits per heavy atom. The molecule has 10 nitrogen and oxygen atoms in total. The Morgan fingerprint density at radius 2 is 1.72 bits per heavy atom. The van der Waals surface area contributed by atoms with Gasteiger partial charge in [-0.25, -0.2) is 23.2 Å². The highest BCUT2D eigenvalue weighted by Gasteiger charge is 2.38. The largest absolute Gasteiger partial charge is 0.490 e. The first kappa shape index (κ1) is 33.5. The van der Waals surface area contributed by atoms with Crippen molar-refractivity contribution in [2.45, 2.75) is 19.3 Å². The number of fused-ring (bicyclic) bond motifs is 2. The lowest BCUT2D eigenvalue weighted by Crippen LogP contribution is -2.21. The van der Waals surface area contributed by atoms with Crippen LogP contribution in [0.5, 0.6) is 0 Å². The Hall–Kier alpha value is -4.86. The van der Waals surface area contributed by atoms with E-state index in [1.165, 1.54) is 11.8 Å². The molecule has 0 bridgehead atoms. The van der Waals surface area contributed by atoms with E-state index >= 15 is 0 Å². The molecule has 244 valence electrons. The molecule has 47 heavy (non-hydrogen) atoms. The number of aromatic nitrogens is 4. The summed E-state index contributed by atoms with van der Waals surface area (Å²) in [5.41, 5.74) is 5.39. The van der Waals surface area contributed by atoms with Gasteiger partial charge in [0.05, 0.1) is 29.4 Å². The van der Waals surface area contributed by atoms with Gasteiger partial charge >= 0.3 is 12.1 Å². The zero-order valence-corrected chi connectivity index (χ0v) is 26.5. The van der Waals surface area contributed by atoms with Crippen molar-refractivity contribution >= 4 is 59.8 Å². The standard InChI is InChI=1S/C30H28N6O2S2.C2HF3O2/c1-40(37,38)13-12-31-17-22-8-5-9-23(14-22)28-16-26-29(32-20-33-30(26)39-28)35-25-10-11-27-24(15-25)18-34-36(27)19-21-6-3-2-4-7-21;3-2(4,5)1(6)7/h2-11,14-16,18,20,31H,12-13,17,19H2,1H3,(H,32,33,35);(H,6,7). The molecule has 0 radical (unpaired) electrons. The van der Waals surface area contributed by atoms with Gasteiger partial charge < -0.3 is 15.7 Å². The van der Waals surface area contributed by atoms with E-state index in [-0.39, 0.29) is 5.75 Å². The number of thiophene rings is 1. The molecular weight excluding hydrogens is 654 g/mol. The van der Waals surface area contributed by atoms with Crippen LogP contribution in [0.25, 0.3) is 31.6 Å². The summed E-state index contributed by atoms with van der Waals surface area (Å²) in [6, 6.07) is 26.9. The summed E-state index contributed by atoms with van der Waals surface area (Å²) in [4.78, 5) is 19.9. The van der Waals surface area contributed by atoms with Gasteiger partial charge in [0, 0.05) is 35.3 Å². The molecule has 15 heteroatoms. The Bertz CT molecular complexity index is 2120. The lowest BCUT2D eigenvalue weighted by atomic mass is 10.1. The molecule has 0 atom stereocenters. The molecule has 3 heterocycles. The molecule has 0 unspecified atom stereocenters. The minimum Gasteiger partial charge on any atom is -0.475 e. The molecule has 3 aromatic carbocycles. The Morgan fingerprint density at radius 3 is 2.45 bits per heavy atom. The molecule has 0 amide bonds. The highest BCUT2D eigenvalue weighted by atomic mass is 32.2. The van der Waals surface area contributed by atoms with Crippen molar-refractivity contribution < 1.29 is 31.5 Å². The number of carboxylic acids is 1. The topological polar surface area (TPSA) is 139 Å². The summed E-state index contributed by atoms with van der Waals surface area (Å²) in [7, 11) is -2.98. The van der Waals surface area contributed by atoms with E-state index in [4.69, 9.17) is 9.90 Å². The van der Waals surface area contributed by atoms with Crippen LogP contribution in [0.3, 0.4) is 0 Å². The third-order valence-corrected chi connectivity index (χ3v) is 8.88. The second kappa shape index (κ2) is 14.3.